The second-order valence-corrected chi connectivity index (χ2v) is 4.56. The zero-order valence-electron chi connectivity index (χ0n) is 10.6. The average Bonchev–Trinajstić information content (AvgIpc) is 2.41. The third-order valence-corrected chi connectivity index (χ3v) is 3.14. The standard InChI is InChI=1S/C13H17FN2O3/c14-10-8-11(13(17)18)12(15-9-10)19-7-6-16-4-2-1-3-5-16/h8-9H,1-7H2,(H,17,18). The molecule has 0 spiro atoms. The zero-order chi connectivity index (χ0) is 13.7. The summed E-state index contributed by atoms with van der Waals surface area (Å²) in [6.45, 7) is 3.19. The second kappa shape index (κ2) is 6.47. The SMILES string of the molecule is O=C(O)c1cc(F)cnc1OCCN1CCCCC1. The summed E-state index contributed by atoms with van der Waals surface area (Å²) in [5.74, 6) is -1.94. The van der Waals surface area contributed by atoms with Gasteiger partial charge in [-0.1, -0.05) is 6.42 Å². The summed E-state index contributed by atoms with van der Waals surface area (Å²) < 4.78 is 18.3. The Balaban J connectivity index is 1.89. The van der Waals surface area contributed by atoms with E-state index in [9.17, 15) is 9.18 Å². The Morgan fingerprint density at radius 3 is 2.84 bits per heavy atom. The molecule has 1 aliphatic heterocycles. The van der Waals surface area contributed by atoms with Crippen molar-refractivity contribution in [2.45, 2.75) is 19.3 Å². The number of hydrogen-bond donors (Lipinski definition) is 1. The molecular weight excluding hydrogens is 251 g/mol. The molecule has 19 heavy (non-hydrogen) atoms. The number of carbonyl (C=O) groups is 1. The Morgan fingerprint density at radius 1 is 1.42 bits per heavy atom. The molecule has 6 heteroatoms. The van der Waals surface area contributed by atoms with Gasteiger partial charge in [-0.15, -0.1) is 0 Å². The number of ether oxygens (including phenoxy) is 1. The van der Waals surface area contributed by atoms with Gasteiger partial charge in [0, 0.05) is 6.54 Å². The van der Waals surface area contributed by atoms with E-state index in [2.05, 4.69) is 9.88 Å². The fourth-order valence-electron chi connectivity index (χ4n) is 2.15. The van der Waals surface area contributed by atoms with Crippen molar-refractivity contribution in [2.75, 3.05) is 26.2 Å². The van der Waals surface area contributed by atoms with Gasteiger partial charge >= 0.3 is 5.97 Å². The van der Waals surface area contributed by atoms with Gasteiger partial charge in [0.2, 0.25) is 5.88 Å². The first-order valence-corrected chi connectivity index (χ1v) is 6.41. The molecule has 2 heterocycles. The molecule has 104 valence electrons. The molecule has 0 aromatic carbocycles. The highest BCUT2D eigenvalue weighted by Gasteiger charge is 2.15. The van der Waals surface area contributed by atoms with Crippen LogP contribution in [-0.2, 0) is 0 Å². The molecule has 1 N–H and O–H groups in total. The minimum absolute atomic E-state index is 0.0223. The molecule has 0 radical (unpaired) electrons. The van der Waals surface area contributed by atoms with Crippen molar-refractivity contribution in [1.29, 1.82) is 0 Å². The Hall–Kier alpha value is -1.69. The number of likely N-dealkylation sites (tertiary alicyclic amines) is 1. The molecule has 1 aromatic heterocycles. The summed E-state index contributed by atoms with van der Waals surface area (Å²) >= 11 is 0. The minimum atomic E-state index is -1.24. The van der Waals surface area contributed by atoms with Gasteiger partial charge in [0.15, 0.2) is 0 Å². The molecule has 0 saturated carbocycles. The molecule has 2 rings (SSSR count). The number of hydrogen-bond acceptors (Lipinski definition) is 4. The molecule has 0 unspecified atom stereocenters. The molecule has 5 nitrogen and oxygen atoms in total. The van der Waals surface area contributed by atoms with Crippen molar-refractivity contribution in [3.63, 3.8) is 0 Å². The fraction of sp³-hybridized carbons (Fsp3) is 0.538. The lowest BCUT2D eigenvalue weighted by molar-refractivity contribution is 0.0689. The van der Waals surface area contributed by atoms with E-state index in [-0.39, 0.29) is 11.4 Å². The number of piperidine rings is 1. The summed E-state index contributed by atoms with van der Waals surface area (Å²) in [6.07, 6.45) is 4.60. The monoisotopic (exact) mass is 268 g/mol. The molecule has 1 aliphatic rings. The summed E-state index contributed by atoms with van der Waals surface area (Å²) in [5, 5.41) is 8.94. The van der Waals surface area contributed by atoms with E-state index in [1.165, 1.54) is 19.3 Å². The van der Waals surface area contributed by atoms with E-state index in [1.807, 2.05) is 0 Å². The third-order valence-electron chi connectivity index (χ3n) is 3.14. The van der Waals surface area contributed by atoms with Crippen LogP contribution in [0.25, 0.3) is 0 Å². The first-order valence-electron chi connectivity index (χ1n) is 6.41. The highest BCUT2D eigenvalue weighted by molar-refractivity contribution is 5.90. The topological polar surface area (TPSA) is 62.7 Å². The largest absolute Gasteiger partial charge is 0.477 e. The lowest BCUT2D eigenvalue weighted by Gasteiger charge is -2.26. The third kappa shape index (κ3) is 3.89. The Morgan fingerprint density at radius 2 is 2.16 bits per heavy atom. The van der Waals surface area contributed by atoms with Crippen LogP contribution in [0.4, 0.5) is 4.39 Å². The van der Waals surface area contributed by atoms with E-state index in [4.69, 9.17) is 9.84 Å². The number of carboxylic acids is 1. The highest BCUT2D eigenvalue weighted by Crippen LogP contribution is 2.16. The molecule has 0 aliphatic carbocycles. The maximum absolute atomic E-state index is 12.9. The van der Waals surface area contributed by atoms with Crippen LogP contribution in [-0.4, -0.2) is 47.2 Å². The molecule has 0 bridgehead atoms. The number of rotatable bonds is 5. The summed E-state index contributed by atoms with van der Waals surface area (Å²) in [4.78, 5) is 16.9. The van der Waals surface area contributed by atoms with Crippen LogP contribution in [0.15, 0.2) is 12.3 Å². The Bertz CT molecular complexity index is 448. The first kappa shape index (κ1) is 13.7. The van der Waals surface area contributed by atoms with Gasteiger partial charge in [-0.2, -0.15) is 0 Å². The lowest BCUT2D eigenvalue weighted by atomic mass is 10.1. The molecule has 1 aromatic rings. The second-order valence-electron chi connectivity index (χ2n) is 4.56. The molecule has 0 atom stereocenters. The number of nitrogens with zero attached hydrogens (tertiary/aromatic N) is 2. The number of aromatic carboxylic acids is 1. The van der Waals surface area contributed by atoms with Gasteiger partial charge < -0.3 is 9.84 Å². The average molecular weight is 268 g/mol. The van der Waals surface area contributed by atoms with Crippen LogP contribution in [0.1, 0.15) is 29.6 Å². The number of aromatic nitrogens is 1. The summed E-state index contributed by atoms with van der Waals surface area (Å²) in [6, 6.07) is 0.922. The van der Waals surface area contributed by atoms with Gasteiger partial charge in [0.25, 0.3) is 0 Å². The van der Waals surface area contributed by atoms with Crippen LogP contribution in [0.3, 0.4) is 0 Å². The smallest absolute Gasteiger partial charge is 0.341 e. The predicted octanol–water partition coefficient (Wildman–Crippen LogP) is 1.78. The van der Waals surface area contributed by atoms with Crippen molar-refractivity contribution in [2.24, 2.45) is 0 Å². The van der Waals surface area contributed by atoms with Gasteiger partial charge in [0.05, 0.1) is 6.20 Å². The van der Waals surface area contributed by atoms with Crippen LogP contribution in [0.2, 0.25) is 0 Å². The normalized spacial score (nSPS) is 16.3. The van der Waals surface area contributed by atoms with Gasteiger partial charge in [-0.3, -0.25) is 4.90 Å². The highest BCUT2D eigenvalue weighted by atomic mass is 19.1. The quantitative estimate of drug-likeness (QED) is 0.882. The molecule has 1 saturated heterocycles. The zero-order valence-corrected chi connectivity index (χ0v) is 10.6. The Kier molecular flexibility index (Phi) is 4.68. The number of carboxylic acid groups (broad SMARTS) is 1. The number of pyridine rings is 1. The van der Waals surface area contributed by atoms with Crippen LogP contribution < -0.4 is 4.74 Å². The maximum Gasteiger partial charge on any atom is 0.341 e. The van der Waals surface area contributed by atoms with Crippen molar-refractivity contribution in [3.8, 4) is 5.88 Å². The van der Waals surface area contributed by atoms with E-state index in [0.717, 1.165) is 31.9 Å². The lowest BCUT2D eigenvalue weighted by Crippen LogP contribution is -2.33. The van der Waals surface area contributed by atoms with Crippen molar-refractivity contribution < 1.29 is 19.0 Å². The van der Waals surface area contributed by atoms with Gasteiger partial charge in [-0.25, -0.2) is 14.2 Å². The van der Waals surface area contributed by atoms with Crippen molar-refractivity contribution in [1.82, 2.24) is 9.88 Å². The molecular formula is C13H17FN2O3. The summed E-state index contributed by atoms with van der Waals surface area (Å²) in [5.41, 5.74) is -0.237. The van der Waals surface area contributed by atoms with Crippen molar-refractivity contribution >= 4 is 5.97 Å². The van der Waals surface area contributed by atoms with Crippen LogP contribution in [0.5, 0.6) is 5.88 Å². The first-order chi connectivity index (χ1) is 9.16. The predicted molar refractivity (Wildman–Crippen MR) is 66.9 cm³/mol. The van der Waals surface area contributed by atoms with Gasteiger partial charge in [-0.05, 0) is 32.0 Å². The van der Waals surface area contributed by atoms with E-state index in [1.54, 1.807) is 0 Å². The molecule has 1 fully saturated rings. The minimum Gasteiger partial charge on any atom is -0.477 e. The summed E-state index contributed by atoms with van der Waals surface area (Å²) in [7, 11) is 0. The number of halogens is 1. The van der Waals surface area contributed by atoms with E-state index in [0.29, 0.717) is 6.61 Å². The van der Waals surface area contributed by atoms with E-state index < -0.39 is 11.8 Å². The Labute approximate surface area is 111 Å². The van der Waals surface area contributed by atoms with Crippen LogP contribution >= 0.6 is 0 Å². The maximum atomic E-state index is 12.9. The van der Waals surface area contributed by atoms with E-state index >= 15 is 0 Å². The van der Waals surface area contributed by atoms with Crippen molar-refractivity contribution in [3.05, 3.63) is 23.6 Å². The van der Waals surface area contributed by atoms with Gasteiger partial charge in [0.1, 0.15) is 18.0 Å². The fourth-order valence-corrected chi connectivity index (χ4v) is 2.15. The van der Waals surface area contributed by atoms with Crippen LogP contribution in [0, 0.1) is 5.82 Å². The molecule has 0 amide bonds.